The van der Waals surface area contributed by atoms with E-state index in [4.69, 9.17) is 9.47 Å². The molecule has 3 saturated heterocycles. The smallest absolute Gasteiger partial charge is 0.312 e. The Morgan fingerprint density at radius 3 is 2.61 bits per heavy atom. The van der Waals surface area contributed by atoms with Crippen molar-refractivity contribution in [2.45, 2.75) is 62.9 Å². The lowest BCUT2D eigenvalue weighted by Gasteiger charge is -2.40. The zero-order valence-corrected chi connectivity index (χ0v) is 21.0. The Kier molecular flexibility index (Phi) is 7.66. The molecule has 1 spiro atoms. The predicted molar refractivity (Wildman–Crippen MR) is 134 cm³/mol. The van der Waals surface area contributed by atoms with E-state index in [0.717, 1.165) is 0 Å². The number of likely N-dealkylation sites (tertiary alicyclic amines) is 1. The number of fused-ring (bicyclic) bond motifs is 1. The van der Waals surface area contributed by atoms with E-state index >= 15 is 0 Å². The number of aliphatic hydroxyl groups excluding tert-OH is 1. The van der Waals surface area contributed by atoms with E-state index in [-0.39, 0.29) is 31.1 Å². The van der Waals surface area contributed by atoms with Crippen LogP contribution in [0.15, 0.2) is 55.6 Å². The quantitative estimate of drug-likeness (QED) is 0.287. The van der Waals surface area contributed by atoms with Gasteiger partial charge in [-0.3, -0.25) is 14.4 Å². The number of hydrogen-bond acceptors (Lipinski definition) is 6. The highest BCUT2D eigenvalue weighted by Gasteiger charge is 2.75. The van der Waals surface area contributed by atoms with Crippen LogP contribution in [0.4, 0.5) is 0 Å². The normalized spacial score (nSPS) is 29.2. The average molecular weight is 497 g/mol. The Morgan fingerprint density at radius 2 is 2.00 bits per heavy atom. The van der Waals surface area contributed by atoms with Gasteiger partial charge in [-0.1, -0.05) is 42.5 Å². The number of amides is 2. The van der Waals surface area contributed by atoms with Crippen LogP contribution in [0.5, 0.6) is 0 Å². The van der Waals surface area contributed by atoms with Crippen molar-refractivity contribution >= 4 is 17.8 Å². The van der Waals surface area contributed by atoms with Gasteiger partial charge in [0.1, 0.15) is 11.6 Å². The molecule has 6 atom stereocenters. The summed E-state index contributed by atoms with van der Waals surface area (Å²) >= 11 is 0. The van der Waals surface area contributed by atoms with Crippen molar-refractivity contribution in [1.29, 1.82) is 0 Å². The van der Waals surface area contributed by atoms with Crippen molar-refractivity contribution in [3.8, 4) is 0 Å². The first-order valence-electron chi connectivity index (χ1n) is 12.7. The van der Waals surface area contributed by atoms with E-state index < -0.39 is 41.6 Å². The summed E-state index contributed by atoms with van der Waals surface area (Å²) in [4.78, 5) is 44.7. The van der Waals surface area contributed by atoms with Crippen LogP contribution in [0.2, 0.25) is 0 Å². The minimum atomic E-state index is -1.16. The third kappa shape index (κ3) is 4.16. The van der Waals surface area contributed by atoms with Gasteiger partial charge in [0, 0.05) is 12.6 Å². The van der Waals surface area contributed by atoms with Crippen molar-refractivity contribution in [2.75, 3.05) is 19.8 Å². The summed E-state index contributed by atoms with van der Waals surface area (Å²) in [6.45, 7) is 11.4. The van der Waals surface area contributed by atoms with Gasteiger partial charge in [0.25, 0.3) is 0 Å². The lowest BCUT2D eigenvalue weighted by Crippen LogP contribution is -2.58. The molecule has 8 nitrogen and oxygen atoms in total. The van der Waals surface area contributed by atoms with Crippen LogP contribution in [0.1, 0.15) is 44.7 Å². The number of benzene rings is 1. The number of hydrogen-bond donors (Lipinski definition) is 1. The largest absolute Gasteiger partial charge is 0.465 e. The van der Waals surface area contributed by atoms with Gasteiger partial charge in [0.05, 0.1) is 37.2 Å². The molecule has 1 aromatic carbocycles. The predicted octanol–water partition coefficient (Wildman–Crippen LogP) is 2.64. The van der Waals surface area contributed by atoms with Gasteiger partial charge in [0.15, 0.2) is 0 Å². The maximum atomic E-state index is 14.2. The molecule has 194 valence electrons. The van der Waals surface area contributed by atoms with Gasteiger partial charge in [-0.05, 0) is 38.7 Å². The molecule has 3 heterocycles. The second kappa shape index (κ2) is 10.6. The van der Waals surface area contributed by atoms with Gasteiger partial charge in [0.2, 0.25) is 11.8 Å². The van der Waals surface area contributed by atoms with E-state index in [1.165, 1.54) is 4.90 Å². The fourth-order valence-corrected chi connectivity index (χ4v) is 6.19. The fourth-order valence-electron chi connectivity index (χ4n) is 6.19. The first kappa shape index (κ1) is 26.1. The monoisotopic (exact) mass is 496 g/mol. The summed E-state index contributed by atoms with van der Waals surface area (Å²) in [6, 6.07) is 7.27. The minimum Gasteiger partial charge on any atom is -0.465 e. The Morgan fingerprint density at radius 1 is 1.28 bits per heavy atom. The van der Waals surface area contributed by atoms with E-state index in [9.17, 15) is 19.5 Å². The van der Waals surface area contributed by atoms with Crippen LogP contribution in [-0.4, -0.2) is 76.2 Å². The second-order valence-corrected chi connectivity index (χ2v) is 10.0. The Balaban J connectivity index is 1.79. The highest BCUT2D eigenvalue weighted by molar-refractivity contribution is 5.98. The molecule has 0 radical (unpaired) electrons. The third-order valence-electron chi connectivity index (χ3n) is 7.74. The van der Waals surface area contributed by atoms with Gasteiger partial charge < -0.3 is 24.4 Å². The number of aliphatic hydroxyl groups is 1. The first-order valence-corrected chi connectivity index (χ1v) is 12.7. The van der Waals surface area contributed by atoms with E-state index in [2.05, 4.69) is 13.2 Å². The Hall–Kier alpha value is -2.97. The summed E-state index contributed by atoms with van der Waals surface area (Å²) in [6.07, 6.45) is 4.37. The van der Waals surface area contributed by atoms with Crippen LogP contribution in [0.3, 0.4) is 0 Å². The Bertz CT molecular complexity index is 1010. The van der Waals surface area contributed by atoms with Crippen LogP contribution < -0.4 is 0 Å². The number of carbonyl (C=O) groups excluding carboxylic acids is 3. The lowest BCUT2D eigenvalue weighted by atomic mass is 9.70. The number of rotatable bonds is 11. The van der Waals surface area contributed by atoms with Crippen molar-refractivity contribution < 1.29 is 29.0 Å². The average Bonchev–Trinajstić information content (AvgIpc) is 3.51. The fraction of sp³-hybridized carbons (Fsp3) is 0.536. The van der Waals surface area contributed by atoms with Crippen molar-refractivity contribution in [1.82, 2.24) is 9.80 Å². The van der Waals surface area contributed by atoms with Crippen molar-refractivity contribution in [2.24, 2.45) is 11.8 Å². The number of nitrogens with zero attached hydrogens (tertiary/aromatic N) is 2. The molecule has 2 bridgehead atoms. The maximum Gasteiger partial charge on any atom is 0.312 e. The molecule has 3 fully saturated rings. The molecular formula is C28H36N2O6. The van der Waals surface area contributed by atoms with E-state index in [0.29, 0.717) is 31.4 Å². The molecule has 1 aromatic rings. The minimum absolute atomic E-state index is 0.148. The summed E-state index contributed by atoms with van der Waals surface area (Å²) in [5, 5.41) is 10.5. The summed E-state index contributed by atoms with van der Waals surface area (Å²) in [5.74, 6) is -2.75. The number of carbonyl (C=O) groups is 3. The van der Waals surface area contributed by atoms with Gasteiger partial charge in [-0.25, -0.2) is 0 Å². The Labute approximate surface area is 212 Å². The molecule has 0 aliphatic carbocycles. The topological polar surface area (TPSA) is 96.4 Å². The number of esters is 1. The van der Waals surface area contributed by atoms with Crippen LogP contribution >= 0.6 is 0 Å². The molecule has 3 aliphatic heterocycles. The molecule has 3 aliphatic rings. The third-order valence-corrected chi connectivity index (χ3v) is 7.74. The van der Waals surface area contributed by atoms with Gasteiger partial charge >= 0.3 is 5.97 Å². The molecule has 36 heavy (non-hydrogen) atoms. The zero-order chi connectivity index (χ0) is 26.0. The summed E-state index contributed by atoms with van der Waals surface area (Å²) < 4.78 is 11.9. The molecule has 4 rings (SSSR count). The standard InChI is InChI=1S/C28H36N2O6/c1-5-7-16-35-27(34)22-21-13-14-28(36-21)23(22)25(32)30(20(17-31)19-11-9-8-10-12-19)24(28)26(33)29(15-6-2)18(3)4/h5-6,8-12,18,20-24,31H,1-2,7,13-17H2,3-4H3/t20-,21-,22+,23+,24?,28?/m1/s1. The second-order valence-electron chi connectivity index (χ2n) is 10.0. The summed E-state index contributed by atoms with van der Waals surface area (Å²) in [5.41, 5.74) is -0.445. The first-order chi connectivity index (χ1) is 17.3. The molecule has 2 amide bonds. The van der Waals surface area contributed by atoms with Crippen molar-refractivity contribution in [3.63, 3.8) is 0 Å². The van der Waals surface area contributed by atoms with E-state index in [1.807, 2.05) is 44.2 Å². The van der Waals surface area contributed by atoms with Crippen LogP contribution in [0, 0.1) is 11.8 Å². The molecule has 8 heteroatoms. The summed E-state index contributed by atoms with van der Waals surface area (Å²) in [7, 11) is 0. The van der Waals surface area contributed by atoms with E-state index in [1.54, 1.807) is 17.1 Å². The maximum absolute atomic E-state index is 14.2. The molecule has 2 unspecified atom stereocenters. The zero-order valence-electron chi connectivity index (χ0n) is 21.0. The van der Waals surface area contributed by atoms with Crippen LogP contribution in [-0.2, 0) is 23.9 Å². The SMILES string of the molecule is C=CCCOC(=O)[C@@H]1[C@H]2C(=O)N([C@H](CO)c3ccccc3)C(C(=O)N(CC=C)C(C)C)C23CC[C@H]1O3. The molecule has 0 saturated carbocycles. The highest BCUT2D eigenvalue weighted by Crippen LogP contribution is 2.60. The highest BCUT2D eigenvalue weighted by atomic mass is 16.6. The van der Waals surface area contributed by atoms with Crippen LogP contribution in [0.25, 0.3) is 0 Å². The van der Waals surface area contributed by atoms with Gasteiger partial charge in [-0.15, -0.1) is 13.2 Å². The van der Waals surface area contributed by atoms with Crippen molar-refractivity contribution in [3.05, 3.63) is 61.2 Å². The van der Waals surface area contributed by atoms with Gasteiger partial charge in [-0.2, -0.15) is 0 Å². The molecule has 0 aromatic heterocycles. The molecule has 1 N–H and O–H groups in total. The molecular weight excluding hydrogens is 460 g/mol. The lowest BCUT2D eigenvalue weighted by molar-refractivity contribution is -0.156. The number of ether oxygens (including phenoxy) is 2.